The first-order valence-corrected chi connectivity index (χ1v) is 9.51. The number of carbonyl (C=O) groups is 2. The van der Waals surface area contributed by atoms with E-state index in [2.05, 4.69) is 10.2 Å². The van der Waals surface area contributed by atoms with E-state index in [1.165, 1.54) is 23.5 Å². The molecular weight excluding hydrogens is 368 g/mol. The number of nitrogens with one attached hydrogen (secondary N) is 1. The minimum absolute atomic E-state index is 0.0544. The number of hydrogen-bond donors (Lipinski definition) is 1. The zero-order chi connectivity index (χ0) is 19.2. The number of thiophene rings is 1. The second-order valence-corrected chi connectivity index (χ2v) is 7.13. The minimum atomic E-state index is -0.514. The Morgan fingerprint density at radius 2 is 1.85 bits per heavy atom. The molecule has 1 aliphatic rings. The van der Waals surface area contributed by atoms with Gasteiger partial charge in [-0.25, -0.2) is 0 Å². The molecule has 0 radical (unpaired) electrons. The van der Waals surface area contributed by atoms with E-state index < -0.39 is 4.92 Å². The molecule has 142 valence electrons. The van der Waals surface area contributed by atoms with Gasteiger partial charge in [0.15, 0.2) is 0 Å². The average Bonchev–Trinajstić information content (AvgIpc) is 3.21. The lowest BCUT2D eigenvalue weighted by Gasteiger charge is -2.34. The van der Waals surface area contributed by atoms with Gasteiger partial charge < -0.3 is 10.2 Å². The molecule has 0 unspecified atom stereocenters. The van der Waals surface area contributed by atoms with E-state index in [-0.39, 0.29) is 29.6 Å². The summed E-state index contributed by atoms with van der Waals surface area (Å²) < 4.78 is 0. The summed E-state index contributed by atoms with van der Waals surface area (Å²) in [5.74, 6) is -0.208. The van der Waals surface area contributed by atoms with Crippen molar-refractivity contribution in [3.05, 3.63) is 56.8 Å². The number of amides is 2. The summed E-state index contributed by atoms with van der Waals surface area (Å²) in [6, 6.07) is 9.78. The van der Waals surface area contributed by atoms with Crippen LogP contribution in [-0.4, -0.2) is 59.3 Å². The first-order chi connectivity index (χ1) is 13.0. The number of para-hydroxylation sites is 2. The number of nitro benzene ring substituents is 1. The quantitative estimate of drug-likeness (QED) is 0.606. The molecule has 9 heteroatoms. The van der Waals surface area contributed by atoms with Crippen molar-refractivity contribution in [1.29, 1.82) is 0 Å². The van der Waals surface area contributed by atoms with E-state index in [0.717, 1.165) is 4.88 Å². The number of benzene rings is 1. The highest BCUT2D eigenvalue weighted by Crippen LogP contribution is 2.23. The molecule has 1 aliphatic heterocycles. The average molecular weight is 388 g/mol. The molecule has 1 aromatic heterocycles. The van der Waals surface area contributed by atoms with E-state index in [0.29, 0.717) is 32.7 Å². The van der Waals surface area contributed by atoms with Crippen LogP contribution in [0.25, 0.3) is 0 Å². The predicted molar refractivity (Wildman–Crippen MR) is 103 cm³/mol. The number of anilines is 1. The molecule has 2 heterocycles. The zero-order valence-electron chi connectivity index (χ0n) is 14.7. The van der Waals surface area contributed by atoms with Crippen molar-refractivity contribution in [2.75, 3.05) is 38.0 Å². The molecule has 0 spiro atoms. The van der Waals surface area contributed by atoms with Crippen LogP contribution in [0.3, 0.4) is 0 Å². The fourth-order valence-corrected chi connectivity index (χ4v) is 3.63. The van der Waals surface area contributed by atoms with E-state index >= 15 is 0 Å². The summed E-state index contributed by atoms with van der Waals surface area (Å²) in [7, 11) is 0. The highest BCUT2D eigenvalue weighted by Gasteiger charge is 2.23. The van der Waals surface area contributed by atoms with Crippen molar-refractivity contribution in [3.63, 3.8) is 0 Å². The number of hydrogen-bond acceptors (Lipinski definition) is 6. The molecule has 2 aromatic rings. The fourth-order valence-electron chi connectivity index (χ4n) is 2.94. The minimum Gasteiger partial charge on any atom is -0.335 e. The Morgan fingerprint density at radius 1 is 1.11 bits per heavy atom. The molecule has 27 heavy (non-hydrogen) atoms. The standard InChI is InChI=1S/C18H20N4O4S/c23-17(19-14-4-1-2-5-15(14)22(25)26)7-8-20-9-11-21(12-10-20)18(24)16-6-3-13-27-16/h1-6,13H,7-12H2,(H,19,23). The number of piperazine rings is 1. The summed E-state index contributed by atoms with van der Waals surface area (Å²) in [6.45, 7) is 3.21. The molecule has 1 saturated heterocycles. The van der Waals surface area contributed by atoms with Crippen LogP contribution in [0, 0.1) is 10.1 Å². The van der Waals surface area contributed by atoms with Gasteiger partial charge in [0.2, 0.25) is 5.91 Å². The maximum atomic E-state index is 12.3. The molecule has 0 bridgehead atoms. The smallest absolute Gasteiger partial charge is 0.292 e. The first-order valence-electron chi connectivity index (χ1n) is 8.63. The highest BCUT2D eigenvalue weighted by atomic mass is 32.1. The molecule has 3 rings (SSSR count). The van der Waals surface area contributed by atoms with E-state index in [9.17, 15) is 19.7 Å². The largest absolute Gasteiger partial charge is 0.335 e. The number of rotatable bonds is 6. The van der Waals surface area contributed by atoms with Crippen molar-refractivity contribution in [1.82, 2.24) is 9.80 Å². The summed E-state index contributed by atoms with van der Waals surface area (Å²) in [5.41, 5.74) is 0.0883. The lowest BCUT2D eigenvalue weighted by atomic mass is 10.2. The fraction of sp³-hybridized carbons (Fsp3) is 0.333. The summed E-state index contributed by atoms with van der Waals surface area (Å²) in [5, 5.41) is 15.5. The Hall–Kier alpha value is -2.78. The number of nitro groups is 1. The molecule has 0 saturated carbocycles. The third-order valence-corrected chi connectivity index (χ3v) is 5.28. The molecular formula is C18H20N4O4S. The normalized spacial score (nSPS) is 14.7. The van der Waals surface area contributed by atoms with Crippen molar-refractivity contribution in [2.24, 2.45) is 0 Å². The Bertz CT molecular complexity index is 817. The van der Waals surface area contributed by atoms with E-state index in [1.807, 2.05) is 22.4 Å². The van der Waals surface area contributed by atoms with Gasteiger partial charge in [0.1, 0.15) is 5.69 Å². The van der Waals surface area contributed by atoms with Gasteiger partial charge in [0.05, 0.1) is 9.80 Å². The molecule has 1 aromatic carbocycles. The van der Waals surface area contributed by atoms with E-state index in [1.54, 1.807) is 12.1 Å². The topological polar surface area (TPSA) is 95.8 Å². The maximum Gasteiger partial charge on any atom is 0.292 e. The molecule has 0 aliphatic carbocycles. The Balaban J connectivity index is 1.44. The Morgan fingerprint density at radius 3 is 2.52 bits per heavy atom. The van der Waals surface area contributed by atoms with Crippen LogP contribution in [-0.2, 0) is 4.79 Å². The van der Waals surface area contributed by atoms with Crippen LogP contribution < -0.4 is 5.32 Å². The van der Waals surface area contributed by atoms with Gasteiger partial charge in [-0.05, 0) is 17.5 Å². The maximum absolute atomic E-state index is 12.3. The SMILES string of the molecule is O=C(CCN1CCN(C(=O)c2cccs2)CC1)Nc1ccccc1[N+](=O)[O-]. The lowest BCUT2D eigenvalue weighted by molar-refractivity contribution is -0.383. The van der Waals surface area contributed by atoms with Crippen molar-refractivity contribution in [2.45, 2.75) is 6.42 Å². The summed E-state index contributed by atoms with van der Waals surface area (Å²) >= 11 is 1.44. The van der Waals surface area contributed by atoms with Gasteiger partial charge in [0.25, 0.3) is 11.6 Å². The Labute approximate surface area is 160 Å². The molecule has 8 nitrogen and oxygen atoms in total. The predicted octanol–water partition coefficient (Wildman–Crippen LogP) is 2.44. The van der Waals surface area contributed by atoms with Gasteiger partial charge in [-0.2, -0.15) is 0 Å². The Kier molecular flexibility index (Phi) is 6.15. The third kappa shape index (κ3) is 4.89. The summed E-state index contributed by atoms with van der Waals surface area (Å²) in [6.07, 6.45) is 0.241. The van der Waals surface area contributed by atoms with E-state index in [4.69, 9.17) is 0 Å². The van der Waals surface area contributed by atoms with Gasteiger partial charge in [0, 0.05) is 45.2 Å². The van der Waals surface area contributed by atoms with Gasteiger partial charge >= 0.3 is 0 Å². The van der Waals surface area contributed by atoms with Crippen LogP contribution >= 0.6 is 11.3 Å². The first kappa shape index (κ1) is 19.0. The highest BCUT2D eigenvalue weighted by molar-refractivity contribution is 7.12. The van der Waals surface area contributed by atoms with Crippen molar-refractivity contribution in [3.8, 4) is 0 Å². The molecule has 1 N–H and O–H groups in total. The van der Waals surface area contributed by atoms with Crippen molar-refractivity contribution >= 4 is 34.5 Å². The third-order valence-electron chi connectivity index (χ3n) is 4.42. The number of carbonyl (C=O) groups excluding carboxylic acids is 2. The van der Waals surface area contributed by atoms with Gasteiger partial charge in [-0.1, -0.05) is 18.2 Å². The van der Waals surface area contributed by atoms with Crippen LogP contribution in [0.15, 0.2) is 41.8 Å². The lowest BCUT2D eigenvalue weighted by Crippen LogP contribution is -2.49. The summed E-state index contributed by atoms with van der Waals surface area (Å²) in [4.78, 5) is 39.6. The van der Waals surface area contributed by atoms with Crippen LogP contribution in [0.2, 0.25) is 0 Å². The van der Waals surface area contributed by atoms with Crippen LogP contribution in [0.1, 0.15) is 16.1 Å². The number of nitrogens with zero attached hydrogens (tertiary/aromatic N) is 3. The molecule has 1 fully saturated rings. The monoisotopic (exact) mass is 388 g/mol. The second-order valence-electron chi connectivity index (χ2n) is 6.18. The second kappa shape index (κ2) is 8.74. The van der Waals surface area contributed by atoms with Gasteiger partial charge in [-0.3, -0.25) is 24.6 Å². The van der Waals surface area contributed by atoms with Gasteiger partial charge in [-0.15, -0.1) is 11.3 Å². The van der Waals surface area contributed by atoms with Crippen LogP contribution in [0.4, 0.5) is 11.4 Å². The molecule has 0 atom stereocenters. The van der Waals surface area contributed by atoms with Crippen molar-refractivity contribution < 1.29 is 14.5 Å². The zero-order valence-corrected chi connectivity index (χ0v) is 15.5. The molecule has 2 amide bonds. The van der Waals surface area contributed by atoms with Crippen LogP contribution in [0.5, 0.6) is 0 Å².